The average molecular weight is 297 g/mol. The summed E-state index contributed by atoms with van der Waals surface area (Å²) in [4.78, 5) is 0. The number of rotatable bonds is 0. The van der Waals surface area contributed by atoms with Crippen LogP contribution in [0.1, 0.15) is 0 Å². The molecule has 0 saturated heterocycles. The van der Waals surface area contributed by atoms with Crippen molar-refractivity contribution in [1.29, 1.82) is 0 Å². The molecular formula is CoNa2O8S2. The minimum absolute atomic E-state index is 0. The fraction of sp³-hybridized carbons (Fsp3) is 0. The van der Waals surface area contributed by atoms with Crippen molar-refractivity contribution in [3.8, 4) is 0 Å². The molecule has 0 aliphatic carbocycles. The molecule has 0 aromatic heterocycles. The van der Waals surface area contributed by atoms with Gasteiger partial charge in [-0.1, -0.05) is 0 Å². The molecule has 0 aliphatic rings. The van der Waals surface area contributed by atoms with E-state index in [4.69, 9.17) is 35.0 Å². The summed E-state index contributed by atoms with van der Waals surface area (Å²) < 4.78 is 68.2. The third-order valence-corrected chi connectivity index (χ3v) is 0. The van der Waals surface area contributed by atoms with Crippen LogP contribution < -0.4 is 59.1 Å². The normalized spacial score (nSPS) is 8.92. The first-order chi connectivity index (χ1) is 4.00. The molecule has 0 saturated carbocycles. The number of hydrogen-bond donors (Lipinski definition) is 0. The topological polar surface area (TPSA) is 161 Å². The van der Waals surface area contributed by atoms with Crippen molar-refractivity contribution in [2.24, 2.45) is 0 Å². The van der Waals surface area contributed by atoms with Gasteiger partial charge < -0.3 is 18.2 Å². The average Bonchev–Trinajstić information content (AvgIpc) is 1.12. The van der Waals surface area contributed by atoms with E-state index < -0.39 is 20.8 Å². The van der Waals surface area contributed by atoms with Gasteiger partial charge >= 0.3 is 75.9 Å². The second-order valence-electron chi connectivity index (χ2n) is 0.816. The van der Waals surface area contributed by atoms with Gasteiger partial charge in [-0.3, -0.25) is 16.8 Å². The van der Waals surface area contributed by atoms with E-state index in [1.54, 1.807) is 0 Å². The molecule has 71 valence electrons. The Morgan fingerprint density at radius 3 is 0.615 bits per heavy atom. The van der Waals surface area contributed by atoms with Crippen molar-refractivity contribution in [2.45, 2.75) is 0 Å². The molecule has 0 bridgehead atoms. The number of hydrogen-bond acceptors (Lipinski definition) is 8. The summed E-state index contributed by atoms with van der Waals surface area (Å²) in [6.07, 6.45) is 0. The van der Waals surface area contributed by atoms with Gasteiger partial charge in [-0.2, -0.15) is 0 Å². The summed E-state index contributed by atoms with van der Waals surface area (Å²) in [7, 11) is -10.3. The first-order valence-corrected chi connectivity index (χ1v) is 4.00. The van der Waals surface area contributed by atoms with E-state index in [2.05, 4.69) is 0 Å². The summed E-state index contributed by atoms with van der Waals surface area (Å²) in [5.74, 6) is 0. The van der Waals surface area contributed by atoms with Gasteiger partial charge in [-0.15, -0.1) is 0 Å². The van der Waals surface area contributed by atoms with Gasteiger partial charge in [0, 0.05) is 20.8 Å². The van der Waals surface area contributed by atoms with Gasteiger partial charge in [0.2, 0.25) is 0 Å². The molecule has 1 radical (unpaired) electrons. The van der Waals surface area contributed by atoms with Crippen LogP contribution >= 0.6 is 0 Å². The maximum Gasteiger partial charge on any atom is 2.00 e. The Labute approximate surface area is 130 Å². The molecule has 0 aromatic rings. The maximum absolute atomic E-state index is 8.52. The zero-order valence-corrected chi connectivity index (χ0v) is 13.1. The monoisotopic (exact) mass is 297 g/mol. The van der Waals surface area contributed by atoms with Gasteiger partial charge in [0.1, 0.15) is 0 Å². The van der Waals surface area contributed by atoms with E-state index in [0.29, 0.717) is 0 Å². The van der Waals surface area contributed by atoms with E-state index in [0.717, 1.165) is 0 Å². The molecule has 0 spiro atoms. The van der Waals surface area contributed by atoms with Gasteiger partial charge in [0.15, 0.2) is 0 Å². The molecule has 0 N–H and O–H groups in total. The molecule has 0 fully saturated rings. The zero-order chi connectivity index (χ0) is 9.00. The second kappa shape index (κ2) is 12.3. The third-order valence-electron chi connectivity index (χ3n) is 0. The van der Waals surface area contributed by atoms with Crippen molar-refractivity contribution < 1.29 is 111 Å². The quantitative estimate of drug-likeness (QED) is 0.242. The van der Waals surface area contributed by atoms with Crippen LogP contribution in [0, 0.1) is 0 Å². The fourth-order valence-electron chi connectivity index (χ4n) is 0. The van der Waals surface area contributed by atoms with E-state index in [-0.39, 0.29) is 75.9 Å². The second-order valence-corrected chi connectivity index (χ2v) is 2.45. The van der Waals surface area contributed by atoms with Crippen LogP contribution in [0.4, 0.5) is 0 Å². The predicted molar refractivity (Wildman–Crippen MR) is 20.9 cm³/mol. The molecule has 0 aliphatic heterocycles. The molecule has 0 heterocycles. The first kappa shape index (κ1) is 29.5. The summed E-state index contributed by atoms with van der Waals surface area (Å²) in [6.45, 7) is 0. The largest absolute Gasteiger partial charge is 2.00 e. The molecule has 0 unspecified atom stereocenters. The summed E-state index contributed by atoms with van der Waals surface area (Å²) in [5.41, 5.74) is 0. The Balaban J connectivity index is -0.0000000267. The van der Waals surface area contributed by atoms with Gasteiger partial charge in [0.25, 0.3) is 0 Å². The van der Waals surface area contributed by atoms with Gasteiger partial charge in [0.05, 0.1) is 0 Å². The van der Waals surface area contributed by atoms with Crippen LogP contribution in [0.2, 0.25) is 0 Å². The van der Waals surface area contributed by atoms with Gasteiger partial charge in [-0.05, 0) is 0 Å². The van der Waals surface area contributed by atoms with Gasteiger partial charge in [-0.25, -0.2) is 0 Å². The Bertz CT molecular complexity index is 217. The molecule has 0 rings (SSSR count). The van der Waals surface area contributed by atoms with Crippen LogP contribution in [0.3, 0.4) is 0 Å². The standard InChI is InChI=1S/Co.2Na.2H2O4S/c;;;2*1-5(2,3)4/h;;;2*(H2,1,2,3,4)/q+2;2*+1;;/p-4. The molecule has 0 aromatic carbocycles. The molecule has 8 nitrogen and oxygen atoms in total. The van der Waals surface area contributed by atoms with Crippen molar-refractivity contribution in [3.63, 3.8) is 0 Å². The van der Waals surface area contributed by atoms with E-state index >= 15 is 0 Å². The van der Waals surface area contributed by atoms with Crippen LogP contribution in [-0.4, -0.2) is 35.0 Å². The Kier molecular flexibility index (Phi) is 27.9. The van der Waals surface area contributed by atoms with Crippen LogP contribution in [0.15, 0.2) is 0 Å². The van der Waals surface area contributed by atoms with Crippen molar-refractivity contribution in [3.05, 3.63) is 0 Å². The Morgan fingerprint density at radius 1 is 0.615 bits per heavy atom. The van der Waals surface area contributed by atoms with E-state index in [1.807, 2.05) is 0 Å². The predicted octanol–water partition coefficient (Wildman–Crippen LogP) is -8.67. The SMILES string of the molecule is O=S(=O)([O-])[O-].O=S(=O)([O-])[O-].[Co+2].[Na+].[Na+]. The minimum atomic E-state index is -5.17. The van der Waals surface area contributed by atoms with Crippen LogP contribution in [0.25, 0.3) is 0 Å². The Morgan fingerprint density at radius 2 is 0.615 bits per heavy atom. The third kappa shape index (κ3) is 423. The van der Waals surface area contributed by atoms with E-state index in [1.165, 1.54) is 0 Å². The maximum atomic E-state index is 8.52. The molecule has 13 heavy (non-hydrogen) atoms. The fourth-order valence-corrected chi connectivity index (χ4v) is 0. The summed E-state index contributed by atoms with van der Waals surface area (Å²) in [6, 6.07) is 0. The zero-order valence-electron chi connectivity index (χ0n) is 6.42. The van der Waals surface area contributed by atoms with Crippen molar-refractivity contribution >= 4 is 20.8 Å². The molecule has 0 atom stereocenters. The Hall–Kier alpha value is 2.25. The van der Waals surface area contributed by atoms with Crippen LogP contribution in [0.5, 0.6) is 0 Å². The molecular weight excluding hydrogens is 297 g/mol. The summed E-state index contributed by atoms with van der Waals surface area (Å²) in [5, 5.41) is 0. The van der Waals surface area contributed by atoms with Crippen molar-refractivity contribution in [1.82, 2.24) is 0 Å². The van der Waals surface area contributed by atoms with E-state index in [9.17, 15) is 0 Å². The molecule has 0 amide bonds. The molecule has 13 heteroatoms. The van der Waals surface area contributed by atoms with Crippen molar-refractivity contribution in [2.75, 3.05) is 0 Å². The first-order valence-electron chi connectivity index (χ1n) is 1.33. The smallest absolute Gasteiger partial charge is 0.759 e. The summed E-state index contributed by atoms with van der Waals surface area (Å²) >= 11 is 0. The minimum Gasteiger partial charge on any atom is -0.759 e. The van der Waals surface area contributed by atoms with Crippen LogP contribution in [-0.2, 0) is 37.6 Å².